The molecule has 0 bridgehead atoms. The molecule has 1 atom stereocenters. The average molecular weight is 345 g/mol. The van der Waals surface area contributed by atoms with Gasteiger partial charge in [0.1, 0.15) is 6.67 Å². The normalized spacial score (nSPS) is 12.6. The minimum atomic E-state index is -0.947. The lowest BCUT2D eigenvalue weighted by Gasteiger charge is -2.19. The Hall–Kier alpha value is -0.740. The van der Waals surface area contributed by atoms with Crippen LogP contribution in [0.25, 0.3) is 0 Å². The highest BCUT2D eigenvalue weighted by Crippen LogP contribution is 2.36. The molecular weight excluding hydrogens is 330 g/mol. The topological polar surface area (TPSA) is 20.2 Å². The van der Waals surface area contributed by atoms with Gasteiger partial charge in [0.2, 0.25) is 0 Å². The molecular formula is C16H15Cl2FOS. The van der Waals surface area contributed by atoms with Crippen LogP contribution in [0.4, 0.5) is 4.39 Å². The molecule has 1 nitrogen and oxygen atoms in total. The van der Waals surface area contributed by atoms with Crippen molar-refractivity contribution in [1.82, 2.24) is 0 Å². The highest BCUT2D eigenvalue weighted by atomic mass is 35.5. The van der Waals surface area contributed by atoms with Gasteiger partial charge in [-0.3, -0.25) is 0 Å². The first-order valence-corrected chi connectivity index (χ1v) is 8.27. The van der Waals surface area contributed by atoms with Crippen molar-refractivity contribution in [2.24, 2.45) is 0 Å². The molecule has 0 amide bonds. The zero-order chi connectivity index (χ0) is 15.2. The molecule has 2 aromatic carbocycles. The molecule has 0 aliphatic heterocycles. The number of hydrogen-bond acceptors (Lipinski definition) is 2. The number of rotatable bonds is 6. The smallest absolute Gasteiger partial charge is 0.116 e. The molecule has 5 heteroatoms. The van der Waals surface area contributed by atoms with Crippen LogP contribution in [0.2, 0.25) is 10.0 Å². The number of aliphatic hydroxyl groups excluding tert-OH is 1. The summed E-state index contributed by atoms with van der Waals surface area (Å²) in [6.45, 7) is -0.735. The van der Waals surface area contributed by atoms with Crippen molar-refractivity contribution in [2.75, 3.05) is 12.4 Å². The summed E-state index contributed by atoms with van der Waals surface area (Å²) in [5, 5.41) is 10.8. The minimum absolute atomic E-state index is 0.000679. The number of thioether (sulfide) groups is 1. The number of aliphatic hydroxyl groups is 1. The van der Waals surface area contributed by atoms with Crippen molar-refractivity contribution in [1.29, 1.82) is 0 Å². The van der Waals surface area contributed by atoms with E-state index in [9.17, 15) is 9.50 Å². The minimum Gasteiger partial charge on any atom is -0.390 e. The van der Waals surface area contributed by atoms with Crippen LogP contribution in [0, 0.1) is 0 Å². The summed E-state index contributed by atoms with van der Waals surface area (Å²) < 4.78 is 12.4. The first-order chi connectivity index (χ1) is 10.1. The lowest BCUT2D eigenvalue weighted by atomic mass is 10.0. The Labute approximate surface area is 138 Å². The maximum atomic E-state index is 12.4. The maximum Gasteiger partial charge on any atom is 0.116 e. The fourth-order valence-electron chi connectivity index (χ4n) is 1.91. The molecule has 0 saturated heterocycles. The Morgan fingerprint density at radius 1 is 0.905 bits per heavy atom. The fraction of sp³-hybridized carbons (Fsp3) is 0.250. The number of halogens is 3. The largest absolute Gasteiger partial charge is 0.390 e. The van der Waals surface area contributed by atoms with Gasteiger partial charge in [-0.1, -0.05) is 47.5 Å². The second kappa shape index (κ2) is 8.04. The van der Waals surface area contributed by atoms with Crippen LogP contribution in [-0.4, -0.2) is 23.6 Å². The summed E-state index contributed by atoms with van der Waals surface area (Å²) in [6, 6.07) is 15.1. The van der Waals surface area contributed by atoms with Gasteiger partial charge in [0.25, 0.3) is 0 Å². The van der Waals surface area contributed by atoms with Crippen molar-refractivity contribution in [3.63, 3.8) is 0 Å². The number of alkyl halides is 1. The Balaban J connectivity index is 2.25. The molecule has 0 aromatic heterocycles. The number of hydrogen-bond donors (Lipinski definition) is 1. The summed E-state index contributed by atoms with van der Waals surface area (Å²) in [5.74, 6) is 0.326. The monoisotopic (exact) mass is 344 g/mol. The van der Waals surface area contributed by atoms with Gasteiger partial charge in [0.05, 0.1) is 11.4 Å². The molecule has 0 radical (unpaired) electrons. The zero-order valence-electron chi connectivity index (χ0n) is 11.2. The van der Waals surface area contributed by atoms with Crippen LogP contribution < -0.4 is 0 Å². The van der Waals surface area contributed by atoms with E-state index in [2.05, 4.69) is 0 Å². The van der Waals surface area contributed by atoms with Crippen LogP contribution in [0.15, 0.2) is 48.5 Å². The first kappa shape index (κ1) is 16.6. The maximum absolute atomic E-state index is 12.4. The third-order valence-corrected chi connectivity index (χ3v) is 4.94. The van der Waals surface area contributed by atoms with E-state index in [1.54, 1.807) is 0 Å². The van der Waals surface area contributed by atoms with Gasteiger partial charge >= 0.3 is 0 Å². The summed E-state index contributed by atoms with van der Waals surface area (Å²) in [7, 11) is 0. The predicted octanol–water partition coefficient (Wildman–Crippen LogP) is 5.15. The molecule has 0 saturated carbocycles. The SMILES string of the molecule is OC(CF)CSC(c1ccc(Cl)cc1)c1ccc(Cl)cc1. The van der Waals surface area contributed by atoms with Gasteiger partial charge in [-0.05, 0) is 35.4 Å². The highest BCUT2D eigenvalue weighted by Gasteiger charge is 2.17. The van der Waals surface area contributed by atoms with Gasteiger partial charge in [-0.15, -0.1) is 11.8 Å². The lowest BCUT2D eigenvalue weighted by Crippen LogP contribution is -2.13. The molecule has 0 aliphatic rings. The first-order valence-electron chi connectivity index (χ1n) is 6.46. The molecule has 2 rings (SSSR count). The quantitative estimate of drug-likeness (QED) is 0.782. The van der Waals surface area contributed by atoms with Crippen LogP contribution in [0.1, 0.15) is 16.4 Å². The van der Waals surface area contributed by atoms with Crippen molar-refractivity contribution < 1.29 is 9.50 Å². The predicted molar refractivity (Wildman–Crippen MR) is 89.2 cm³/mol. The molecule has 2 aromatic rings. The van der Waals surface area contributed by atoms with Crippen molar-refractivity contribution in [3.8, 4) is 0 Å². The van der Waals surface area contributed by atoms with Crippen LogP contribution in [0.5, 0.6) is 0 Å². The number of benzene rings is 2. The molecule has 21 heavy (non-hydrogen) atoms. The summed E-state index contributed by atoms with van der Waals surface area (Å²) in [5.41, 5.74) is 2.11. The zero-order valence-corrected chi connectivity index (χ0v) is 13.5. The Bertz CT molecular complexity index is 514. The van der Waals surface area contributed by atoms with Crippen molar-refractivity contribution >= 4 is 35.0 Å². The Morgan fingerprint density at radius 2 is 1.33 bits per heavy atom. The van der Waals surface area contributed by atoms with E-state index in [0.717, 1.165) is 11.1 Å². The van der Waals surface area contributed by atoms with Gasteiger partial charge in [-0.25, -0.2) is 4.39 Å². The third kappa shape index (κ3) is 4.89. The third-order valence-electron chi connectivity index (χ3n) is 2.98. The van der Waals surface area contributed by atoms with Crippen LogP contribution in [-0.2, 0) is 0 Å². The summed E-state index contributed by atoms with van der Waals surface area (Å²) in [4.78, 5) is 0. The second-order valence-corrected chi connectivity index (χ2v) is 6.64. The molecule has 0 aliphatic carbocycles. The van der Waals surface area contributed by atoms with Gasteiger partial charge in [0.15, 0.2) is 0 Å². The molecule has 1 N–H and O–H groups in total. The highest BCUT2D eigenvalue weighted by molar-refractivity contribution is 7.99. The van der Waals surface area contributed by atoms with E-state index in [1.165, 1.54) is 11.8 Å². The molecule has 0 fully saturated rings. The van der Waals surface area contributed by atoms with E-state index < -0.39 is 12.8 Å². The van der Waals surface area contributed by atoms with E-state index in [0.29, 0.717) is 15.8 Å². The van der Waals surface area contributed by atoms with E-state index >= 15 is 0 Å². The van der Waals surface area contributed by atoms with Crippen LogP contribution >= 0.6 is 35.0 Å². The average Bonchev–Trinajstić information content (AvgIpc) is 2.50. The van der Waals surface area contributed by atoms with Gasteiger partial charge < -0.3 is 5.11 Å². The second-order valence-electron chi connectivity index (χ2n) is 4.62. The van der Waals surface area contributed by atoms with E-state index in [4.69, 9.17) is 23.2 Å². The molecule has 112 valence electrons. The standard InChI is InChI=1S/C16H15Cl2FOS/c17-13-5-1-11(2-6-13)16(21-10-15(20)9-19)12-3-7-14(18)8-4-12/h1-8,15-16,20H,9-10H2. The molecule has 1 unspecified atom stereocenters. The van der Waals surface area contributed by atoms with Crippen molar-refractivity contribution in [2.45, 2.75) is 11.4 Å². The molecule has 0 spiro atoms. The van der Waals surface area contributed by atoms with Gasteiger partial charge in [0, 0.05) is 15.8 Å². The summed E-state index contributed by atoms with van der Waals surface area (Å²) in [6.07, 6.45) is -0.947. The Morgan fingerprint density at radius 3 is 1.71 bits per heavy atom. The summed E-state index contributed by atoms with van der Waals surface area (Å²) >= 11 is 13.3. The lowest BCUT2D eigenvalue weighted by molar-refractivity contribution is 0.162. The fourth-order valence-corrected chi connectivity index (χ4v) is 3.37. The Kier molecular flexibility index (Phi) is 6.37. The van der Waals surface area contributed by atoms with Crippen molar-refractivity contribution in [3.05, 3.63) is 69.7 Å². The van der Waals surface area contributed by atoms with Crippen LogP contribution in [0.3, 0.4) is 0 Å². The van der Waals surface area contributed by atoms with Gasteiger partial charge in [-0.2, -0.15) is 0 Å². The molecule has 0 heterocycles. The van der Waals surface area contributed by atoms with E-state index in [1.807, 2.05) is 48.5 Å². The van der Waals surface area contributed by atoms with E-state index in [-0.39, 0.29) is 5.25 Å².